The third-order valence-corrected chi connectivity index (χ3v) is 3.29. The number of carbonyl (C=O) groups excluding carboxylic acids is 1. The predicted molar refractivity (Wildman–Crippen MR) is 65.1 cm³/mol. The van der Waals surface area contributed by atoms with Crippen molar-refractivity contribution in [3.05, 3.63) is 29.6 Å². The molecule has 0 heterocycles. The van der Waals surface area contributed by atoms with Gasteiger partial charge in [0.2, 0.25) is 5.91 Å². The van der Waals surface area contributed by atoms with E-state index in [9.17, 15) is 9.18 Å². The molecule has 1 saturated carbocycles. The minimum atomic E-state index is -0.973. The lowest BCUT2D eigenvalue weighted by Gasteiger charge is -2.23. The number of nitriles is 1. The highest BCUT2D eigenvalue weighted by Crippen LogP contribution is 2.38. The number of nitrogens with zero attached hydrogens (tertiary/aromatic N) is 1. The lowest BCUT2D eigenvalue weighted by Crippen LogP contribution is -2.50. The van der Waals surface area contributed by atoms with Gasteiger partial charge in [-0.2, -0.15) is 5.26 Å². The average Bonchev–Trinajstić information content (AvgIpc) is 3.13. The van der Waals surface area contributed by atoms with Gasteiger partial charge < -0.3 is 11.1 Å². The summed E-state index contributed by atoms with van der Waals surface area (Å²) in [5.41, 5.74) is 4.98. The normalized spacial score (nSPS) is 17.7. The van der Waals surface area contributed by atoms with Crippen LogP contribution >= 0.6 is 0 Å². The quantitative estimate of drug-likeness (QED) is 0.854. The summed E-state index contributed by atoms with van der Waals surface area (Å²) in [4.78, 5) is 12.0. The minimum absolute atomic E-state index is 0.164. The molecule has 0 radical (unpaired) electrons. The third-order valence-electron chi connectivity index (χ3n) is 3.29. The molecule has 3 N–H and O–H groups in total. The number of halogens is 1. The topological polar surface area (TPSA) is 78.9 Å². The Morgan fingerprint density at radius 3 is 2.83 bits per heavy atom. The molecule has 94 valence electrons. The van der Waals surface area contributed by atoms with Crippen molar-refractivity contribution in [1.29, 1.82) is 5.26 Å². The van der Waals surface area contributed by atoms with E-state index in [1.165, 1.54) is 18.2 Å². The monoisotopic (exact) mass is 247 g/mol. The number of amides is 1. The molecule has 1 fully saturated rings. The van der Waals surface area contributed by atoms with E-state index in [2.05, 4.69) is 5.32 Å². The lowest BCUT2D eigenvalue weighted by atomic mass is 9.96. The molecule has 1 aliphatic rings. The fourth-order valence-electron chi connectivity index (χ4n) is 1.87. The molecular formula is C13H14FN3O. The molecule has 0 bridgehead atoms. The maximum atomic E-state index is 13.4. The molecule has 1 unspecified atom stereocenters. The van der Waals surface area contributed by atoms with E-state index in [1.54, 1.807) is 13.0 Å². The molecular weight excluding hydrogens is 233 g/mol. The number of nitrogens with one attached hydrogen (secondary N) is 1. The number of carbonyl (C=O) groups is 1. The first kappa shape index (κ1) is 12.5. The standard InChI is InChI=1S/C13H14FN3O/c1-13(16,8-5-6-8)12(18)17-11-4-2-3-10(14)9(11)7-15/h2-4,8H,5-6,16H2,1H3,(H,17,18). The summed E-state index contributed by atoms with van der Waals surface area (Å²) >= 11 is 0. The van der Waals surface area contributed by atoms with Gasteiger partial charge in [-0.3, -0.25) is 4.79 Å². The summed E-state index contributed by atoms with van der Waals surface area (Å²) < 4.78 is 13.4. The van der Waals surface area contributed by atoms with Gasteiger partial charge in [0.25, 0.3) is 0 Å². The van der Waals surface area contributed by atoms with E-state index in [0.717, 1.165) is 12.8 Å². The van der Waals surface area contributed by atoms with Crippen molar-refractivity contribution in [2.75, 3.05) is 5.32 Å². The Bertz CT molecular complexity index is 530. The third kappa shape index (κ3) is 2.20. The van der Waals surface area contributed by atoms with Gasteiger partial charge >= 0.3 is 0 Å². The molecule has 0 aromatic heterocycles. The van der Waals surface area contributed by atoms with Crippen molar-refractivity contribution in [2.24, 2.45) is 11.7 Å². The summed E-state index contributed by atoms with van der Waals surface area (Å²) in [5.74, 6) is -0.871. The maximum Gasteiger partial charge on any atom is 0.244 e. The van der Waals surface area contributed by atoms with Crippen molar-refractivity contribution in [3.8, 4) is 6.07 Å². The highest BCUT2D eigenvalue weighted by Gasteiger charge is 2.44. The van der Waals surface area contributed by atoms with Gasteiger partial charge in [-0.15, -0.1) is 0 Å². The Morgan fingerprint density at radius 2 is 2.28 bits per heavy atom. The lowest BCUT2D eigenvalue weighted by molar-refractivity contribution is -0.121. The number of hydrogen-bond acceptors (Lipinski definition) is 3. The molecule has 0 saturated heterocycles. The van der Waals surface area contributed by atoms with Crippen LogP contribution in [0.2, 0.25) is 0 Å². The number of benzene rings is 1. The maximum absolute atomic E-state index is 13.4. The molecule has 1 aromatic carbocycles. The van der Waals surface area contributed by atoms with Crippen molar-refractivity contribution < 1.29 is 9.18 Å². The number of anilines is 1. The molecule has 5 heteroatoms. The first-order chi connectivity index (χ1) is 8.46. The zero-order valence-corrected chi connectivity index (χ0v) is 10.0. The summed E-state index contributed by atoms with van der Waals surface area (Å²) in [6.07, 6.45) is 1.85. The Kier molecular flexibility index (Phi) is 3.05. The Hall–Kier alpha value is -1.93. The highest BCUT2D eigenvalue weighted by atomic mass is 19.1. The van der Waals surface area contributed by atoms with Crippen LogP contribution < -0.4 is 11.1 Å². The Balaban J connectivity index is 2.22. The van der Waals surface area contributed by atoms with Crippen molar-refractivity contribution in [3.63, 3.8) is 0 Å². The molecule has 1 atom stereocenters. The molecule has 1 aromatic rings. The van der Waals surface area contributed by atoms with Crippen LogP contribution in [-0.4, -0.2) is 11.4 Å². The Labute approximate surface area is 105 Å². The SMILES string of the molecule is CC(N)(C(=O)Nc1cccc(F)c1C#N)C1CC1. The van der Waals surface area contributed by atoms with Gasteiger partial charge in [-0.25, -0.2) is 4.39 Å². The van der Waals surface area contributed by atoms with E-state index in [0.29, 0.717) is 0 Å². The largest absolute Gasteiger partial charge is 0.323 e. The van der Waals surface area contributed by atoms with Gasteiger partial charge in [0.15, 0.2) is 0 Å². The van der Waals surface area contributed by atoms with Gasteiger partial charge in [0.1, 0.15) is 17.4 Å². The fraction of sp³-hybridized carbons (Fsp3) is 0.385. The van der Waals surface area contributed by atoms with Crippen molar-refractivity contribution in [2.45, 2.75) is 25.3 Å². The second-order valence-corrected chi connectivity index (χ2v) is 4.79. The molecule has 18 heavy (non-hydrogen) atoms. The van der Waals surface area contributed by atoms with Crippen LogP contribution in [0.1, 0.15) is 25.3 Å². The number of nitrogens with two attached hydrogens (primary N) is 1. The van der Waals surface area contributed by atoms with Crippen LogP contribution in [0.5, 0.6) is 0 Å². The smallest absolute Gasteiger partial charge is 0.244 e. The van der Waals surface area contributed by atoms with E-state index < -0.39 is 11.4 Å². The number of hydrogen-bond donors (Lipinski definition) is 2. The highest BCUT2D eigenvalue weighted by molar-refractivity contribution is 5.99. The molecule has 0 aliphatic heterocycles. The minimum Gasteiger partial charge on any atom is -0.323 e. The fourth-order valence-corrected chi connectivity index (χ4v) is 1.87. The van der Waals surface area contributed by atoms with Crippen LogP contribution in [0.25, 0.3) is 0 Å². The average molecular weight is 247 g/mol. The van der Waals surface area contributed by atoms with Crippen LogP contribution in [0.4, 0.5) is 10.1 Å². The molecule has 2 rings (SSSR count). The first-order valence-electron chi connectivity index (χ1n) is 5.75. The van der Waals surface area contributed by atoms with Gasteiger partial charge in [-0.05, 0) is 37.8 Å². The van der Waals surface area contributed by atoms with Crippen molar-refractivity contribution in [1.82, 2.24) is 0 Å². The van der Waals surface area contributed by atoms with E-state index in [1.807, 2.05) is 0 Å². The second kappa shape index (κ2) is 4.39. The summed E-state index contributed by atoms with van der Waals surface area (Å²) in [5, 5.41) is 11.4. The van der Waals surface area contributed by atoms with Crippen molar-refractivity contribution >= 4 is 11.6 Å². The zero-order chi connectivity index (χ0) is 13.3. The predicted octanol–water partition coefficient (Wildman–Crippen LogP) is 1.76. The summed E-state index contributed by atoms with van der Waals surface area (Å²) in [7, 11) is 0. The second-order valence-electron chi connectivity index (χ2n) is 4.79. The van der Waals surface area contributed by atoms with Gasteiger partial charge in [-0.1, -0.05) is 6.07 Å². The summed E-state index contributed by atoms with van der Waals surface area (Å²) in [6, 6.07) is 5.84. The molecule has 0 spiro atoms. The van der Waals surface area contributed by atoms with Gasteiger partial charge in [0.05, 0.1) is 11.2 Å². The van der Waals surface area contributed by atoms with Gasteiger partial charge in [0, 0.05) is 0 Å². The Morgan fingerprint density at radius 1 is 1.61 bits per heavy atom. The van der Waals surface area contributed by atoms with E-state index in [4.69, 9.17) is 11.0 Å². The number of rotatable bonds is 3. The molecule has 1 aliphatic carbocycles. The molecule has 1 amide bonds. The van der Waals surface area contributed by atoms with Crippen LogP contribution in [0, 0.1) is 23.1 Å². The first-order valence-corrected chi connectivity index (χ1v) is 5.75. The summed E-state index contributed by atoms with van der Waals surface area (Å²) in [6.45, 7) is 1.66. The van der Waals surface area contributed by atoms with E-state index in [-0.39, 0.29) is 23.1 Å². The molecule has 4 nitrogen and oxygen atoms in total. The van der Waals surface area contributed by atoms with Crippen LogP contribution in [-0.2, 0) is 4.79 Å². The van der Waals surface area contributed by atoms with Crippen LogP contribution in [0.15, 0.2) is 18.2 Å². The van der Waals surface area contributed by atoms with Crippen LogP contribution in [0.3, 0.4) is 0 Å². The van der Waals surface area contributed by atoms with E-state index >= 15 is 0 Å². The zero-order valence-electron chi connectivity index (χ0n) is 10.0.